The summed E-state index contributed by atoms with van der Waals surface area (Å²) >= 11 is 5.87. The fourth-order valence-corrected chi connectivity index (χ4v) is 2.33. The molecule has 2 nitrogen and oxygen atoms in total. The van der Waals surface area contributed by atoms with Gasteiger partial charge in [0.2, 0.25) is 0 Å². The van der Waals surface area contributed by atoms with Crippen LogP contribution in [0.15, 0.2) is 48.5 Å². The van der Waals surface area contributed by atoms with Gasteiger partial charge >= 0.3 is 0 Å². The summed E-state index contributed by atoms with van der Waals surface area (Å²) in [6.45, 7) is 7.22. The number of benzene rings is 2. The zero-order valence-electron chi connectivity index (χ0n) is 12.8. The van der Waals surface area contributed by atoms with E-state index in [9.17, 15) is 0 Å². The molecule has 112 valence electrons. The summed E-state index contributed by atoms with van der Waals surface area (Å²) in [6, 6.07) is 15.9. The quantitative estimate of drug-likeness (QED) is 0.777. The van der Waals surface area contributed by atoms with Gasteiger partial charge in [-0.3, -0.25) is 0 Å². The summed E-state index contributed by atoms with van der Waals surface area (Å²) in [7, 11) is 0. The largest absolute Gasteiger partial charge is 0.489 e. The normalized spacial score (nSPS) is 12.2. The molecule has 0 spiro atoms. The lowest BCUT2D eigenvalue weighted by atomic mass is 10.0. The van der Waals surface area contributed by atoms with Crippen LogP contribution in [0.2, 0.25) is 5.02 Å². The molecule has 2 rings (SSSR count). The van der Waals surface area contributed by atoms with Gasteiger partial charge in [0.1, 0.15) is 11.9 Å². The summed E-state index contributed by atoms with van der Waals surface area (Å²) < 4.78 is 5.87. The minimum atomic E-state index is 0.0754. The monoisotopic (exact) mass is 303 g/mol. The maximum absolute atomic E-state index is 5.87. The van der Waals surface area contributed by atoms with E-state index in [1.54, 1.807) is 0 Å². The molecule has 0 saturated heterocycles. The molecular weight excluding hydrogens is 282 g/mol. The number of hydrogen-bond acceptors (Lipinski definition) is 2. The third-order valence-electron chi connectivity index (χ3n) is 3.31. The molecule has 0 fully saturated rings. The number of ether oxygens (including phenoxy) is 1. The number of anilines is 1. The Bertz CT molecular complexity index is 566. The second kappa shape index (κ2) is 7.37. The van der Waals surface area contributed by atoms with Gasteiger partial charge in [0, 0.05) is 10.7 Å². The van der Waals surface area contributed by atoms with E-state index >= 15 is 0 Å². The number of nitrogens with one attached hydrogen (secondary N) is 1. The fourth-order valence-electron chi connectivity index (χ4n) is 2.20. The number of rotatable bonds is 6. The van der Waals surface area contributed by atoms with Crippen molar-refractivity contribution in [3.05, 3.63) is 59.1 Å². The van der Waals surface area contributed by atoms with Gasteiger partial charge in [-0.25, -0.2) is 0 Å². The predicted molar refractivity (Wildman–Crippen MR) is 90.6 cm³/mol. The van der Waals surface area contributed by atoms with Crippen molar-refractivity contribution in [2.75, 3.05) is 11.9 Å². The minimum absolute atomic E-state index is 0.0754. The Labute approximate surface area is 132 Å². The van der Waals surface area contributed by atoms with Crippen LogP contribution in [0.25, 0.3) is 0 Å². The Morgan fingerprint density at radius 2 is 1.67 bits per heavy atom. The Morgan fingerprint density at radius 3 is 2.33 bits per heavy atom. The van der Waals surface area contributed by atoms with Gasteiger partial charge in [-0.1, -0.05) is 43.6 Å². The Morgan fingerprint density at radius 1 is 1.00 bits per heavy atom. The van der Waals surface area contributed by atoms with E-state index in [0.29, 0.717) is 5.92 Å². The van der Waals surface area contributed by atoms with Crippen molar-refractivity contribution in [3.63, 3.8) is 0 Å². The molecule has 0 saturated carbocycles. The lowest BCUT2D eigenvalue weighted by molar-refractivity contribution is 0.234. The van der Waals surface area contributed by atoms with Gasteiger partial charge in [0.15, 0.2) is 0 Å². The number of para-hydroxylation sites is 1. The summed E-state index contributed by atoms with van der Waals surface area (Å²) in [5.74, 6) is 1.34. The molecule has 0 amide bonds. The first-order valence-corrected chi connectivity index (χ1v) is 7.69. The average Bonchev–Trinajstić information content (AvgIpc) is 2.48. The third kappa shape index (κ3) is 4.68. The minimum Gasteiger partial charge on any atom is -0.489 e. The predicted octanol–water partition coefficient (Wildman–Crippen LogP) is 5.34. The van der Waals surface area contributed by atoms with E-state index in [-0.39, 0.29) is 6.10 Å². The molecule has 21 heavy (non-hydrogen) atoms. The number of hydrogen-bond donors (Lipinski definition) is 1. The van der Waals surface area contributed by atoms with Crippen molar-refractivity contribution >= 4 is 17.3 Å². The van der Waals surface area contributed by atoms with Crippen molar-refractivity contribution in [2.24, 2.45) is 0 Å². The van der Waals surface area contributed by atoms with E-state index in [2.05, 4.69) is 50.4 Å². The second-order valence-electron chi connectivity index (χ2n) is 5.51. The number of halogens is 1. The molecule has 0 aliphatic heterocycles. The molecule has 1 unspecified atom stereocenters. The highest BCUT2D eigenvalue weighted by Gasteiger charge is 2.08. The molecule has 3 heteroatoms. The molecule has 0 aliphatic carbocycles. The average molecular weight is 304 g/mol. The van der Waals surface area contributed by atoms with Crippen LogP contribution in [0.5, 0.6) is 5.75 Å². The van der Waals surface area contributed by atoms with Crippen molar-refractivity contribution in [2.45, 2.75) is 32.8 Å². The van der Waals surface area contributed by atoms with Crippen molar-refractivity contribution in [1.82, 2.24) is 0 Å². The van der Waals surface area contributed by atoms with E-state index in [0.717, 1.165) is 17.3 Å². The molecule has 0 bridgehead atoms. The standard InChI is InChI=1S/C18H22ClNO/c1-13(2)17-6-4-5-7-18(17)20-12-14(3)21-16-10-8-15(19)9-11-16/h4-11,13-14,20H,12H2,1-3H3. The Hall–Kier alpha value is -1.67. The lowest BCUT2D eigenvalue weighted by Gasteiger charge is -2.19. The van der Waals surface area contributed by atoms with Crippen LogP contribution in [0, 0.1) is 0 Å². The van der Waals surface area contributed by atoms with E-state index in [1.165, 1.54) is 11.3 Å². The molecule has 2 aromatic carbocycles. The molecular formula is C18H22ClNO. The van der Waals surface area contributed by atoms with Crippen LogP contribution >= 0.6 is 11.6 Å². The van der Waals surface area contributed by atoms with Crippen LogP contribution in [0.4, 0.5) is 5.69 Å². The summed E-state index contributed by atoms with van der Waals surface area (Å²) in [4.78, 5) is 0. The van der Waals surface area contributed by atoms with Gasteiger partial charge in [-0.05, 0) is 48.7 Å². The first kappa shape index (κ1) is 15.7. The van der Waals surface area contributed by atoms with E-state index in [4.69, 9.17) is 16.3 Å². The van der Waals surface area contributed by atoms with Gasteiger partial charge < -0.3 is 10.1 Å². The topological polar surface area (TPSA) is 21.3 Å². The van der Waals surface area contributed by atoms with Crippen LogP contribution in [0.3, 0.4) is 0 Å². The highest BCUT2D eigenvalue weighted by molar-refractivity contribution is 6.30. The van der Waals surface area contributed by atoms with Crippen molar-refractivity contribution < 1.29 is 4.74 Å². The second-order valence-corrected chi connectivity index (χ2v) is 5.94. The first-order valence-electron chi connectivity index (χ1n) is 7.31. The lowest BCUT2D eigenvalue weighted by Crippen LogP contribution is -2.23. The molecule has 2 aromatic rings. The molecule has 0 aliphatic rings. The Kier molecular flexibility index (Phi) is 5.51. The highest BCUT2D eigenvalue weighted by Crippen LogP contribution is 2.24. The van der Waals surface area contributed by atoms with Crippen molar-refractivity contribution in [1.29, 1.82) is 0 Å². The maximum atomic E-state index is 5.87. The molecule has 0 aromatic heterocycles. The van der Waals surface area contributed by atoms with E-state index < -0.39 is 0 Å². The van der Waals surface area contributed by atoms with Crippen LogP contribution < -0.4 is 10.1 Å². The van der Waals surface area contributed by atoms with Gasteiger partial charge in [0.25, 0.3) is 0 Å². The zero-order valence-corrected chi connectivity index (χ0v) is 13.5. The summed E-state index contributed by atoms with van der Waals surface area (Å²) in [5, 5.41) is 4.20. The Balaban J connectivity index is 1.92. The van der Waals surface area contributed by atoms with Gasteiger partial charge in [-0.15, -0.1) is 0 Å². The van der Waals surface area contributed by atoms with Crippen LogP contribution in [-0.4, -0.2) is 12.6 Å². The molecule has 1 N–H and O–H groups in total. The fraction of sp³-hybridized carbons (Fsp3) is 0.333. The summed E-state index contributed by atoms with van der Waals surface area (Å²) in [6.07, 6.45) is 0.0754. The molecule has 1 atom stereocenters. The first-order chi connectivity index (χ1) is 10.1. The zero-order chi connectivity index (χ0) is 15.2. The third-order valence-corrected chi connectivity index (χ3v) is 3.57. The van der Waals surface area contributed by atoms with Gasteiger partial charge in [0.05, 0.1) is 6.54 Å². The van der Waals surface area contributed by atoms with Crippen LogP contribution in [0.1, 0.15) is 32.3 Å². The van der Waals surface area contributed by atoms with Crippen molar-refractivity contribution in [3.8, 4) is 5.75 Å². The highest BCUT2D eigenvalue weighted by atomic mass is 35.5. The molecule has 0 radical (unpaired) electrons. The summed E-state index contributed by atoms with van der Waals surface area (Å²) in [5.41, 5.74) is 2.51. The van der Waals surface area contributed by atoms with Crippen LogP contribution in [-0.2, 0) is 0 Å². The molecule has 0 heterocycles. The van der Waals surface area contributed by atoms with Gasteiger partial charge in [-0.2, -0.15) is 0 Å². The smallest absolute Gasteiger partial charge is 0.119 e. The SMILES string of the molecule is CC(CNc1ccccc1C(C)C)Oc1ccc(Cl)cc1. The maximum Gasteiger partial charge on any atom is 0.119 e. The van der Waals surface area contributed by atoms with E-state index in [1.807, 2.05) is 24.3 Å².